The summed E-state index contributed by atoms with van der Waals surface area (Å²) in [6, 6.07) is -0.0972. The quantitative estimate of drug-likeness (QED) is 0.673. The highest BCUT2D eigenvalue weighted by atomic mass is 19.1. The van der Waals surface area contributed by atoms with E-state index in [9.17, 15) is 14.0 Å². The van der Waals surface area contributed by atoms with Gasteiger partial charge in [0.1, 0.15) is 6.17 Å². The maximum absolute atomic E-state index is 13.6. The lowest BCUT2D eigenvalue weighted by atomic mass is 9.78. The Morgan fingerprint density at radius 2 is 2.04 bits per heavy atom. The van der Waals surface area contributed by atoms with Crippen LogP contribution in [0.4, 0.5) is 4.39 Å². The SMILES string of the molecule is CC1CC(F)CCC1OC1CC(CN)CCC1C(=O)NC1CCNC(=O)C1. The highest BCUT2D eigenvalue weighted by Crippen LogP contribution is 2.36. The molecule has 1 heterocycles. The number of alkyl halides is 1. The Bertz CT molecular complexity index is 533. The zero-order valence-corrected chi connectivity index (χ0v) is 16.3. The summed E-state index contributed by atoms with van der Waals surface area (Å²) < 4.78 is 20.0. The molecule has 1 aliphatic heterocycles. The van der Waals surface area contributed by atoms with Gasteiger partial charge in [-0.3, -0.25) is 9.59 Å². The molecule has 1 saturated heterocycles. The van der Waals surface area contributed by atoms with Gasteiger partial charge in [-0.2, -0.15) is 0 Å². The van der Waals surface area contributed by atoms with Crippen molar-refractivity contribution < 1.29 is 18.7 Å². The van der Waals surface area contributed by atoms with Crippen LogP contribution in [0.2, 0.25) is 0 Å². The Hall–Kier alpha value is -1.21. The molecule has 7 heteroatoms. The minimum Gasteiger partial charge on any atom is -0.374 e. The predicted molar refractivity (Wildman–Crippen MR) is 101 cm³/mol. The molecule has 0 radical (unpaired) electrons. The first-order valence-corrected chi connectivity index (χ1v) is 10.5. The van der Waals surface area contributed by atoms with Gasteiger partial charge >= 0.3 is 0 Å². The van der Waals surface area contributed by atoms with Crippen LogP contribution in [0.25, 0.3) is 0 Å². The number of ether oxygens (including phenoxy) is 1. The van der Waals surface area contributed by atoms with Crippen molar-refractivity contribution in [3.8, 4) is 0 Å². The van der Waals surface area contributed by atoms with Crippen molar-refractivity contribution in [2.75, 3.05) is 13.1 Å². The molecule has 27 heavy (non-hydrogen) atoms. The summed E-state index contributed by atoms with van der Waals surface area (Å²) in [6.45, 7) is 3.24. The molecule has 3 fully saturated rings. The first-order valence-electron chi connectivity index (χ1n) is 10.5. The Kier molecular flexibility index (Phi) is 7.09. The zero-order valence-electron chi connectivity index (χ0n) is 16.3. The molecular formula is C20H34FN3O3. The van der Waals surface area contributed by atoms with Crippen LogP contribution in [0.1, 0.15) is 58.3 Å². The molecule has 7 unspecified atom stereocenters. The van der Waals surface area contributed by atoms with Crippen LogP contribution in [0, 0.1) is 17.8 Å². The first-order chi connectivity index (χ1) is 13.0. The third-order valence-corrected chi connectivity index (χ3v) is 6.54. The van der Waals surface area contributed by atoms with Crippen molar-refractivity contribution in [2.45, 2.75) is 82.7 Å². The highest BCUT2D eigenvalue weighted by Gasteiger charge is 2.39. The third kappa shape index (κ3) is 5.41. The molecule has 2 saturated carbocycles. The summed E-state index contributed by atoms with van der Waals surface area (Å²) in [5.74, 6) is 0.295. The molecule has 2 amide bonds. The summed E-state index contributed by atoms with van der Waals surface area (Å²) in [6.07, 6.45) is 4.44. The Morgan fingerprint density at radius 1 is 1.22 bits per heavy atom. The summed E-state index contributed by atoms with van der Waals surface area (Å²) in [5, 5.41) is 5.86. The number of halogens is 1. The van der Waals surface area contributed by atoms with E-state index in [1.807, 2.05) is 6.92 Å². The zero-order chi connectivity index (χ0) is 19.4. The minimum atomic E-state index is -0.737. The molecule has 154 valence electrons. The van der Waals surface area contributed by atoms with Crippen molar-refractivity contribution in [1.82, 2.24) is 10.6 Å². The van der Waals surface area contributed by atoms with Crippen LogP contribution >= 0.6 is 0 Å². The van der Waals surface area contributed by atoms with E-state index in [0.717, 1.165) is 25.7 Å². The molecule has 0 aromatic rings. The number of amides is 2. The fourth-order valence-electron chi connectivity index (χ4n) is 4.82. The molecular weight excluding hydrogens is 349 g/mol. The maximum atomic E-state index is 13.6. The lowest BCUT2D eigenvalue weighted by Gasteiger charge is -2.40. The molecule has 4 N–H and O–H groups in total. The number of hydrogen-bond acceptors (Lipinski definition) is 4. The van der Waals surface area contributed by atoms with Crippen molar-refractivity contribution in [2.24, 2.45) is 23.5 Å². The highest BCUT2D eigenvalue weighted by molar-refractivity contribution is 5.82. The Balaban J connectivity index is 1.62. The van der Waals surface area contributed by atoms with Gasteiger partial charge in [-0.25, -0.2) is 4.39 Å². The topological polar surface area (TPSA) is 93.4 Å². The van der Waals surface area contributed by atoms with Crippen LogP contribution in [0.15, 0.2) is 0 Å². The smallest absolute Gasteiger partial charge is 0.225 e. The molecule has 0 bridgehead atoms. The van der Waals surface area contributed by atoms with E-state index in [0.29, 0.717) is 44.7 Å². The van der Waals surface area contributed by atoms with E-state index in [1.54, 1.807) is 0 Å². The first kappa shape index (κ1) is 20.5. The number of nitrogens with two attached hydrogens (primary N) is 1. The number of hydrogen-bond donors (Lipinski definition) is 3. The van der Waals surface area contributed by atoms with Crippen molar-refractivity contribution >= 4 is 11.8 Å². The molecule has 0 aromatic carbocycles. The minimum absolute atomic E-state index is 0.00860. The van der Waals surface area contributed by atoms with Crippen LogP contribution in [-0.2, 0) is 14.3 Å². The number of carbonyl (C=O) groups is 2. The fraction of sp³-hybridized carbons (Fsp3) is 0.900. The fourth-order valence-corrected chi connectivity index (χ4v) is 4.82. The molecule has 0 spiro atoms. The second-order valence-electron chi connectivity index (χ2n) is 8.67. The lowest BCUT2D eigenvalue weighted by molar-refractivity contribution is -0.144. The van der Waals surface area contributed by atoms with Gasteiger partial charge in [-0.15, -0.1) is 0 Å². The standard InChI is InChI=1S/C20H34FN3O3/c1-12-8-14(21)3-5-17(12)27-18-9-13(11-22)2-4-16(18)20(26)24-15-6-7-23-19(25)10-15/h12-18H,2-11,22H2,1H3,(H,23,25)(H,24,26). The van der Waals surface area contributed by atoms with Gasteiger partial charge in [-0.05, 0) is 63.3 Å². The van der Waals surface area contributed by atoms with E-state index >= 15 is 0 Å². The molecule has 0 aromatic heterocycles. The number of rotatable bonds is 5. The van der Waals surface area contributed by atoms with Gasteiger partial charge in [0.25, 0.3) is 0 Å². The summed E-state index contributed by atoms with van der Waals surface area (Å²) in [7, 11) is 0. The predicted octanol–water partition coefficient (Wildman–Crippen LogP) is 1.67. The van der Waals surface area contributed by atoms with Gasteiger partial charge in [-0.1, -0.05) is 6.92 Å². The van der Waals surface area contributed by atoms with Gasteiger partial charge < -0.3 is 21.1 Å². The second kappa shape index (κ2) is 9.32. The third-order valence-electron chi connectivity index (χ3n) is 6.54. The van der Waals surface area contributed by atoms with Gasteiger partial charge in [0.05, 0.1) is 18.1 Å². The molecule has 3 rings (SSSR count). The van der Waals surface area contributed by atoms with E-state index in [4.69, 9.17) is 10.5 Å². The van der Waals surface area contributed by atoms with E-state index < -0.39 is 6.17 Å². The van der Waals surface area contributed by atoms with E-state index in [2.05, 4.69) is 10.6 Å². The molecule has 7 atom stereocenters. The monoisotopic (exact) mass is 383 g/mol. The maximum Gasteiger partial charge on any atom is 0.225 e. The van der Waals surface area contributed by atoms with Crippen LogP contribution < -0.4 is 16.4 Å². The average Bonchev–Trinajstić information content (AvgIpc) is 2.64. The molecule has 3 aliphatic rings. The molecule has 6 nitrogen and oxygen atoms in total. The summed E-state index contributed by atoms with van der Waals surface area (Å²) >= 11 is 0. The van der Waals surface area contributed by atoms with Crippen molar-refractivity contribution in [3.63, 3.8) is 0 Å². The van der Waals surface area contributed by atoms with E-state index in [-0.39, 0.29) is 41.9 Å². The summed E-state index contributed by atoms with van der Waals surface area (Å²) in [4.78, 5) is 24.5. The van der Waals surface area contributed by atoms with Crippen molar-refractivity contribution in [1.29, 1.82) is 0 Å². The normalized spacial score (nSPS) is 40.3. The van der Waals surface area contributed by atoms with E-state index in [1.165, 1.54) is 0 Å². The average molecular weight is 384 g/mol. The number of carbonyl (C=O) groups excluding carboxylic acids is 2. The largest absolute Gasteiger partial charge is 0.374 e. The van der Waals surface area contributed by atoms with Gasteiger partial charge in [0, 0.05) is 19.0 Å². The van der Waals surface area contributed by atoms with Crippen LogP contribution in [-0.4, -0.2) is 49.3 Å². The number of nitrogens with one attached hydrogen (secondary N) is 2. The van der Waals surface area contributed by atoms with Crippen LogP contribution in [0.5, 0.6) is 0 Å². The Labute approximate surface area is 161 Å². The van der Waals surface area contributed by atoms with Crippen LogP contribution in [0.3, 0.4) is 0 Å². The summed E-state index contributed by atoms with van der Waals surface area (Å²) in [5.41, 5.74) is 5.88. The lowest BCUT2D eigenvalue weighted by Crippen LogP contribution is -2.51. The van der Waals surface area contributed by atoms with Gasteiger partial charge in [0.15, 0.2) is 0 Å². The molecule has 2 aliphatic carbocycles. The second-order valence-corrected chi connectivity index (χ2v) is 8.67. The Morgan fingerprint density at radius 3 is 2.74 bits per heavy atom. The van der Waals surface area contributed by atoms with Crippen molar-refractivity contribution in [3.05, 3.63) is 0 Å². The number of piperidine rings is 1. The van der Waals surface area contributed by atoms with Gasteiger partial charge in [0.2, 0.25) is 11.8 Å².